The van der Waals surface area contributed by atoms with E-state index in [2.05, 4.69) is 15.9 Å². The van der Waals surface area contributed by atoms with E-state index in [1.54, 1.807) is 18.2 Å². The normalized spacial score (nSPS) is 10.8. The quantitative estimate of drug-likeness (QED) is 0.238. The molecule has 0 aliphatic rings. The van der Waals surface area contributed by atoms with Crippen LogP contribution in [0.4, 0.5) is 0 Å². The molecule has 31 heavy (non-hydrogen) atoms. The fourth-order valence-corrected chi connectivity index (χ4v) is 3.34. The molecule has 3 rings (SSSR count). The highest BCUT2D eigenvalue weighted by atomic mass is 79.9. The highest BCUT2D eigenvalue weighted by Crippen LogP contribution is 2.29. The van der Waals surface area contributed by atoms with Gasteiger partial charge in [-0.15, -0.1) is 0 Å². The Bertz CT molecular complexity index is 1040. The molecule has 0 aliphatic carbocycles. The van der Waals surface area contributed by atoms with Crippen molar-refractivity contribution in [3.05, 3.63) is 94.0 Å². The van der Waals surface area contributed by atoms with Gasteiger partial charge in [-0.25, -0.2) is 0 Å². The first-order chi connectivity index (χ1) is 15.1. The summed E-state index contributed by atoms with van der Waals surface area (Å²) in [7, 11) is 0. The van der Waals surface area contributed by atoms with Crippen molar-refractivity contribution < 1.29 is 19.0 Å². The van der Waals surface area contributed by atoms with Gasteiger partial charge < -0.3 is 14.2 Å². The van der Waals surface area contributed by atoms with Gasteiger partial charge in [0.05, 0.1) is 13.2 Å². The predicted molar refractivity (Wildman–Crippen MR) is 127 cm³/mol. The van der Waals surface area contributed by atoms with Gasteiger partial charge in [-0.2, -0.15) is 0 Å². The third-order valence-electron chi connectivity index (χ3n) is 4.43. The number of ketones is 1. The molecule has 0 unspecified atom stereocenters. The highest BCUT2D eigenvalue weighted by Gasteiger charge is 2.07. The zero-order valence-corrected chi connectivity index (χ0v) is 19.2. The molecule has 0 saturated carbocycles. The van der Waals surface area contributed by atoms with Crippen LogP contribution in [0.2, 0.25) is 0 Å². The molecule has 0 fully saturated rings. The van der Waals surface area contributed by atoms with Gasteiger partial charge in [-0.1, -0.05) is 52.3 Å². The Hall–Kier alpha value is -3.05. The number of benzene rings is 3. The third-order valence-corrected chi connectivity index (χ3v) is 4.92. The minimum atomic E-state index is -0.0396. The predicted octanol–water partition coefficient (Wildman–Crippen LogP) is 6.72. The number of allylic oxidation sites excluding steroid dienone is 1. The van der Waals surface area contributed by atoms with Crippen LogP contribution in [0, 0.1) is 0 Å². The van der Waals surface area contributed by atoms with E-state index in [4.69, 9.17) is 14.2 Å². The second kappa shape index (κ2) is 11.4. The molecule has 160 valence electrons. The van der Waals surface area contributed by atoms with E-state index in [0.29, 0.717) is 25.4 Å². The molecule has 5 heteroatoms. The van der Waals surface area contributed by atoms with E-state index < -0.39 is 0 Å². The largest absolute Gasteiger partial charge is 0.490 e. The summed E-state index contributed by atoms with van der Waals surface area (Å²) in [6.45, 7) is 5.47. The second-order valence-corrected chi connectivity index (χ2v) is 7.63. The first-order valence-corrected chi connectivity index (χ1v) is 11.0. The van der Waals surface area contributed by atoms with Gasteiger partial charge >= 0.3 is 0 Å². The number of carbonyl (C=O) groups excluding carboxylic acids is 1. The molecule has 0 heterocycles. The van der Waals surface area contributed by atoms with Gasteiger partial charge in [0.2, 0.25) is 0 Å². The van der Waals surface area contributed by atoms with E-state index in [1.807, 2.05) is 74.5 Å². The molecule has 3 aromatic carbocycles. The van der Waals surface area contributed by atoms with Gasteiger partial charge in [0.15, 0.2) is 17.3 Å². The van der Waals surface area contributed by atoms with Crippen molar-refractivity contribution in [2.75, 3.05) is 13.2 Å². The number of carbonyl (C=O) groups is 1. The SMILES string of the molecule is CCOc1ccc(COc2ccc(/C=C/C(=O)c3cccc(Br)c3)cc2)cc1OCC. The van der Waals surface area contributed by atoms with E-state index in [9.17, 15) is 4.79 Å². The lowest BCUT2D eigenvalue weighted by molar-refractivity contribution is 0.104. The number of ether oxygens (including phenoxy) is 3. The van der Waals surface area contributed by atoms with E-state index in [1.165, 1.54) is 0 Å². The number of hydrogen-bond donors (Lipinski definition) is 0. The van der Waals surface area contributed by atoms with Crippen molar-refractivity contribution in [2.45, 2.75) is 20.5 Å². The van der Waals surface area contributed by atoms with Crippen LogP contribution in [0.15, 0.2) is 77.3 Å². The van der Waals surface area contributed by atoms with Crippen LogP contribution in [-0.4, -0.2) is 19.0 Å². The van der Waals surface area contributed by atoms with Crippen LogP contribution < -0.4 is 14.2 Å². The smallest absolute Gasteiger partial charge is 0.185 e. The molecule has 0 radical (unpaired) electrons. The molecule has 4 nitrogen and oxygen atoms in total. The molecule has 0 saturated heterocycles. The van der Waals surface area contributed by atoms with Gasteiger partial charge in [-0.05, 0) is 67.4 Å². The summed E-state index contributed by atoms with van der Waals surface area (Å²) >= 11 is 3.38. The van der Waals surface area contributed by atoms with Crippen LogP contribution >= 0.6 is 15.9 Å². The van der Waals surface area contributed by atoms with Gasteiger partial charge in [0, 0.05) is 10.0 Å². The van der Waals surface area contributed by atoms with Gasteiger partial charge in [0.1, 0.15) is 12.4 Å². The van der Waals surface area contributed by atoms with Crippen LogP contribution in [0.5, 0.6) is 17.2 Å². The Morgan fingerprint density at radius 2 is 1.61 bits per heavy atom. The second-order valence-electron chi connectivity index (χ2n) is 6.71. The van der Waals surface area contributed by atoms with Crippen molar-refractivity contribution in [3.8, 4) is 17.2 Å². The number of halogens is 1. The average Bonchev–Trinajstić information content (AvgIpc) is 2.78. The van der Waals surface area contributed by atoms with Crippen LogP contribution in [0.25, 0.3) is 6.08 Å². The van der Waals surface area contributed by atoms with Gasteiger partial charge in [-0.3, -0.25) is 4.79 Å². The molecule has 0 aliphatic heterocycles. The van der Waals surface area contributed by atoms with Crippen LogP contribution in [0.3, 0.4) is 0 Å². The van der Waals surface area contributed by atoms with Crippen molar-refractivity contribution in [3.63, 3.8) is 0 Å². The Morgan fingerprint density at radius 1 is 0.871 bits per heavy atom. The summed E-state index contributed by atoms with van der Waals surface area (Å²) in [6.07, 6.45) is 3.38. The first kappa shape index (κ1) is 22.6. The summed E-state index contributed by atoms with van der Waals surface area (Å²) in [4.78, 5) is 12.3. The minimum absolute atomic E-state index is 0.0396. The molecule has 0 amide bonds. The van der Waals surface area contributed by atoms with Crippen molar-refractivity contribution in [2.24, 2.45) is 0 Å². The maximum absolute atomic E-state index is 12.3. The lowest BCUT2D eigenvalue weighted by Crippen LogP contribution is -2.01. The molecule has 0 atom stereocenters. The standard InChI is InChI=1S/C26H25BrO4/c1-3-29-25-15-11-20(16-26(25)30-4-2)18-31-23-12-8-19(9-13-23)10-14-24(28)21-6-5-7-22(27)17-21/h5-17H,3-4,18H2,1-2H3/b14-10+. The maximum Gasteiger partial charge on any atom is 0.185 e. The van der Waals surface area contributed by atoms with Crippen LogP contribution in [0.1, 0.15) is 35.3 Å². The molecule has 0 bridgehead atoms. The molecule has 0 N–H and O–H groups in total. The summed E-state index contributed by atoms with van der Waals surface area (Å²) in [6, 6.07) is 20.8. The Balaban J connectivity index is 1.59. The molecule has 3 aromatic rings. The monoisotopic (exact) mass is 480 g/mol. The fourth-order valence-electron chi connectivity index (χ4n) is 2.94. The van der Waals surface area contributed by atoms with Crippen molar-refractivity contribution in [1.82, 2.24) is 0 Å². The van der Waals surface area contributed by atoms with Crippen LogP contribution in [-0.2, 0) is 6.61 Å². The zero-order valence-electron chi connectivity index (χ0n) is 17.6. The molecule has 0 aromatic heterocycles. The summed E-state index contributed by atoms with van der Waals surface area (Å²) in [5, 5.41) is 0. The minimum Gasteiger partial charge on any atom is -0.490 e. The van der Waals surface area contributed by atoms with Crippen molar-refractivity contribution in [1.29, 1.82) is 0 Å². The Kier molecular flexibility index (Phi) is 8.30. The van der Waals surface area contributed by atoms with Crippen molar-refractivity contribution >= 4 is 27.8 Å². The van der Waals surface area contributed by atoms with E-state index >= 15 is 0 Å². The van der Waals surface area contributed by atoms with E-state index in [0.717, 1.165) is 32.8 Å². The lowest BCUT2D eigenvalue weighted by Gasteiger charge is -2.13. The summed E-state index contributed by atoms with van der Waals surface area (Å²) in [5.41, 5.74) is 2.57. The third kappa shape index (κ3) is 6.72. The Morgan fingerprint density at radius 3 is 2.32 bits per heavy atom. The molecular formula is C26H25BrO4. The molecular weight excluding hydrogens is 456 g/mol. The van der Waals surface area contributed by atoms with E-state index in [-0.39, 0.29) is 5.78 Å². The zero-order chi connectivity index (χ0) is 22.1. The lowest BCUT2D eigenvalue weighted by atomic mass is 10.1. The molecule has 0 spiro atoms. The maximum atomic E-state index is 12.3. The summed E-state index contributed by atoms with van der Waals surface area (Å²) < 4.78 is 18.0. The Labute approximate surface area is 191 Å². The average molecular weight is 481 g/mol. The highest BCUT2D eigenvalue weighted by molar-refractivity contribution is 9.10. The number of rotatable bonds is 10. The fraction of sp³-hybridized carbons (Fsp3) is 0.192. The summed E-state index contributed by atoms with van der Waals surface area (Å²) in [5.74, 6) is 2.17. The topological polar surface area (TPSA) is 44.8 Å². The first-order valence-electron chi connectivity index (χ1n) is 10.2. The number of hydrogen-bond acceptors (Lipinski definition) is 4. The van der Waals surface area contributed by atoms with Gasteiger partial charge in [0.25, 0.3) is 0 Å².